The van der Waals surface area contributed by atoms with Gasteiger partial charge >= 0.3 is 0 Å². The molecule has 1 unspecified atom stereocenters. The van der Waals surface area contributed by atoms with Gasteiger partial charge in [0.15, 0.2) is 0 Å². The van der Waals surface area contributed by atoms with Gasteiger partial charge in [-0.05, 0) is 49.9 Å². The third-order valence-electron chi connectivity index (χ3n) is 5.55. The maximum Gasteiger partial charge on any atom is 0.232 e. The van der Waals surface area contributed by atoms with Crippen molar-refractivity contribution in [3.05, 3.63) is 30.1 Å². The molecule has 2 aliphatic rings. The second-order valence-corrected chi connectivity index (χ2v) is 7.17. The first-order chi connectivity index (χ1) is 12.6. The molecule has 0 aliphatic carbocycles. The zero-order valence-electron chi connectivity index (χ0n) is 15.5. The second kappa shape index (κ2) is 8.52. The Morgan fingerprint density at radius 1 is 1.00 bits per heavy atom. The van der Waals surface area contributed by atoms with Gasteiger partial charge in [0.05, 0.1) is 0 Å². The fraction of sp³-hybridized carbons (Fsp3) is 0.600. The molecule has 2 amide bonds. The molecule has 3 rings (SSSR count). The number of amides is 2. The number of carbonyl (C=O) groups is 2. The van der Waals surface area contributed by atoms with Crippen molar-refractivity contribution < 1.29 is 14.0 Å². The minimum absolute atomic E-state index is 0.0208. The first-order valence-electron chi connectivity index (χ1n) is 9.66. The highest BCUT2D eigenvalue weighted by Gasteiger charge is 2.29. The number of piperazine rings is 1. The number of halogens is 1. The van der Waals surface area contributed by atoms with Crippen LogP contribution in [0.15, 0.2) is 24.3 Å². The van der Waals surface area contributed by atoms with Gasteiger partial charge in [-0.3, -0.25) is 9.59 Å². The molecule has 1 aromatic carbocycles. The van der Waals surface area contributed by atoms with Gasteiger partial charge in [0.25, 0.3) is 0 Å². The first-order valence-corrected chi connectivity index (χ1v) is 9.66. The number of nitrogens with zero attached hydrogens (tertiary/aromatic N) is 3. The molecule has 0 radical (unpaired) electrons. The lowest BCUT2D eigenvalue weighted by Crippen LogP contribution is -2.50. The summed E-state index contributed by atoms with van der Waals surface area (Å²) >= 11 is 0. The number of hydrogen-bond acceptors (Lipinski definition) is 3. The SMILES string of the molecule is CCC1CCCCN1C(=O)CC(=O)N1CCN(c2ccc(F)cc2)CC1. The van der Waals surface area contributed by atoms with Crippen molar-refractivity contribution >= 4 is 17.5 Å². The standard InChI is InChI=1S/C20H28FN3O2/c1-2-17-5-3-4-10-24(17)20(26)15-19(25)23-13-11-22(12-14-23)18-8-6-16(21)7-9-18/h6-9,17H,2-5,10-15H2,1H3. The molecule has 2 saturated heterocycles. The Bertz CT molecular complexity index is 626. The van der Waals surface area contributed by atoms with E-state index in [1.165, 1.54) is 18.6 Å². The van der Waals surface area contributed by atoms with E-state index < -0.39 is 0 Å². The van der Waals surface area contributed by atoms with E-state index in [0.29, 0.717) is 32.2 Å². The van der Waals surface area contributed by atoms with E-state index in [9.17, 15) is 14.0 Å². The van der Waals surface area contributed by atoms with Crippen LogP contribution in [0, 0.1) is 5.82 Å². The van der Waals surface area contributed by atoms with Gasteiger partial charge in [-0.15, -0.1) is 0 Å². The number of anilines is 1. The summed E-state index contributed by atoms with van der Waals surface area (Å²) in [6, 6.07) is 6.72. The van der Waals surface area contributed by atoms with Crippen LogP contribution in [-0.2, 0) is 9.59 Å². The lowest BCUT2D eigenvalue weighted by atomic mass is 9.99. The smallest absolute Gasteiger partial charge is 0.232 e. The Balaban J connectivity index is 1.50. The summed E-state index contributed by atoms with van der Waals surface area (Å²) in [7, 11) is 0. The Morgan fingerprint density at radius 2 is 1.69 bits per heavy atom. The monoisotopic (exact) mass is 361 g/mol. The lowest BCUT2D eigenvalue weighted by molar-refractivity contribution is -0.143. The molecule has 0 spiro atoms. The van der Waals surface area contributed by atoms with Crippen molar-refractivity contribution in [3.8, 4) is 0 Å². The fourth-order valence-electron chi connectivity index (χ4n) is 3.96. The molecule has 142 valence electrons. The molecule has 1 aromatic rings. The van der Waals surface area contributed by atoms with Crippen molar-refractivity contribution in [2.24, 2.45) is 0 Å². The quantitative estimate of drug-likeness (QED) is 0.775. The average molecular weight is 361 g/mol. The van der Waals surface area contributed by atoms with Crippen molar-refractivity contribution in [3.63, 3.8) is 0 Å². The van der Waals surface area contributed by atoms with Crippen molar-refractivity contribution in [2.45, 2.75) is 45.1 Å². The molecule has 0 saturated carbocycles. The lowest BCUT2D eigenvalue weighted by Gasteiger charge is -2.38. The predicted molar refractivity (Wildman–Crippen MR) is 99.5 cm³/mol. The van der Waals surface area contributed by atoms with Crippen molar-refractivity contribution in [1.82, 2.24) is 9.80 Å². The molecule has 2 fully saturated rings. The van der Waals surface area contributed by atoms with Gasteiger partial charge in [0, 0.05) is 44.5 Å². The van der Waals surface area contributed by atoms with E-state index in [1.54, 1.807) is 17.0 Å². The van der Waals surface area contributed by atoms with Crippen LogP contribution >= 0.6 is 0 Å². The maximum atomic E-state index is 13.0. The number of likely N-dealkylation sites (tertiary alicyclic amines) is 1. The fourth-order valence-corrected chi connectivity index (χ4v) is 3.96. The van der Waals surface area contributed by atoms with E-state index in [-0.39, 0.29) is 24.1 Å². The van der Waals surface area contributed by atoms with Gasteiger partial charge in [0.1, 0.15) is 12.2 Å². The van der Waals surface area contributed by atoms with Crippen LogP contribution in [0.25, 0.3) is 0 Å². The molecule has 0 aromatic heterocycles. The summed E-state index contributed by atoms with van der Waals surface area (Å²) < 4.78 is 13.0. The summed E-state index contributed by atoms with van der Waals surface area (Å²) in [5, 5.41) is 0. The number of benzene rings is 1. The largest absolute Gasteiger partial charge is 0.368 e. The number of rotatable bonds is 4. The van der Waals surface area contributed by atoms with E-state index in [0.717, 1.165) is 31.5 Å². The molecule has 0 bridgehead atoms. The second-order valence-electron chi connectivity index (χ2n) is 7.17. The molecule has 0 N–H and O–H groups in total. The maximum absolute atomic E-state index is 13.0. The van der Waals surface area contributed by atoms with Crippen LogP contribution in [-0.4, -0.2) is 60.4 Å². The first kappa shape index (κ1) is 18.7. The Labute approximate surface area is 154 Å². The van der Waals surface area contributed by atoms with Gasteiger partial charge < -0.3 is 14.7 Å². The van der Waals surface area contributed by atoms with Gasteiger partial charge in [0.2, 0.25) is 11.8 Å². The predicted octanol–water partition coefficient (Wildman–Crippen LogP) is 2.66. The molecule has 5 nitrogen and oxygen atoms in total. The van der Waals surface area contributed by atoms with E-state index in [2.05, 4.69) is 11.8 Å². The summed E-state index contributed by atoms with van der Waals surface area (Å²) in [5.74, 6) is -0.346. The molecule has 2 heterocycles. The molecule has 26 heavy (non-hydrogen) atoms. The molecular weight excluding hydrogens is 333 g/mol. The van der Waals surface area contributed by atoms with Crippen LogP contribution in [0.5, 0.6) is 0 Å². The molecular formula is C20H28FN3O2. The third-order valence-corrected chi connectivity index (χ3v) is 5.55. The third kappa shape index (κ3) is 4.34. The van der Waals surface area contributed by atoms with Crippen LogP contribution < -0.4 is 4.90 Å². The van der Waals surface area contributed by atoms with E-state index in [4.69, 9.17) is 0 Å². The summed E-state index contributed by atoms with van der Waals surface area (Å²) in [5.41, 5.74) is 0.966. The summed E-state index contributed by atoms with van der Waals surface area (Å²) in [4.78, 5) is 31.0. The number of hydrogen-bond donors (Lipinski definition) is 0. The molecule has 1 atom stereocenters. The minimum atomic E-state index is -0.246. The zero-order chi connectivity index (χ0) is 18.5. The number of piperidine rings is 1. The highest BCUT2D eigenvalue weighted by molar-refractivity contribution is 5.97. The van der Waals surface area contributed by atoms with Crippen LogP contribution in [0.1, 0.15) is 39.0 Å². The normalized spacial score (nSPS) is 21.0. The zero-order valence-corrected chi connectivity index (χ0v) is 15.5. The van der Waals surface area contributed by atoms with Crippen molar-refractivity contribution in [1.29, 1.82) is 0 Å². The Hall–Kier alpha value is -2.11. The summed E-state index contributed by atoms with van der Waals surface area (Å²) in [6.45, 7) is 5.48. The Morgan fingerprint density at radius 3 is 2.35 bits per heavy atom. The van der Waals surface area contributed by atoms with Crippen LogP contribution in [0.3, 0.4) is 0 Å². The summed E-state index contributed by atoms with van der Waals surface area (Å²) in [6.07, 6.45) is 4.18. The van der Waals surface area contributed by atoms with Gasteiger partial charge in [-0.1, -0.05) is 6.92 Å². The Kier molecular flexibility index (Phi) is 6.12. The van der Waals surface area contributed by atoms with Gasteiger partial charge in [-0.25, -0.2) is 4.39 Å². The molecule has 2 aliphatic heterocycles. The van der Waals surface area contributed by atoms with E-state index >= 15 is 0 Å². The van der Waals surface area contributed by atoms with Crippen LogP contribution in [0.2, 0.25) is 0 Å². The van der Waals surface area contributed by atoms with Gasteiger partial charge in [-0.2, -0.15) is 0 Å². The van der Waals surface area contributed by atoms with Crippen molar-refractivity contribution in [2.75, 3.05) is 37.6 Å². The average Bonchev–Trinajstić information content (AvgIpc) is 2.68. The highest BCUT2D eigenvalue weighted by Crippen LogP contribution is 2.21. The van der Waals surface area contributed by atoms with E-state index in [1.807, 2.05) is 4.90 Å². The van der Waals surface area contributed by atoms with Crippen LogP contribution in [0.4, 0.5) is 10.1 Å². The minimum Gasteiger partial charge on any atom is -0.368 e. The highest BCUT2D eigenvalue weighted by atomic mass is 19.1. The molecule has 6 heteroatoms. The topological polar surface area (TPSA) is 43.9 Å². The number of carbonyl (C=O) groups excluding carboxylic acids is 2.